The van der Waals surface area contributed by atoms with Gasteiger partial charge in [0.15, 0.2) is 5.96 Å². The van der Waals surface area contributed by atoms with Gasteiger partial charge in [-0.25, -0.2) is 0 Å². The molecule has 0 saturated carbocycles. The predicted molar refractivity (Wildman–Crippen MR) is 95.9 cm³/mol. The highest BCUT2D eigenvalue weighted by Gasteiger charge is 2.14. The second-order valence-corrected chi connectivity index (χ2v) is 5.77. The van der Waals surface area contributed by atoms with Gasteiger partial charge >= 0.3 is 0 Å². The second-order valence-electron chi connectivity index (χ2n) is 5.77. The summed E-state index contributed by atoms with van der Waals surface area (Å²) in [5.74, 6) is 0.855. The second kappa shape index (κ2) is 10.2. The van der Waals surface area contributed by atoms with Crippen LogP contribution in [0.25, 0.3) is 0 Å². The fourth-order valence-electron chi connectivity index (χ4n) is 2.86. The summed E-state index contributed by atoms with van der Waals surface area (Å²) in [7, 11) is 1.80. The number of nitrogens with zero attached hydrogens (tertiary/aromatic N) is 2. The Bertz CT molecular complexity index is 490. The molecule has 2 rings (SSSR count). The van der Waals surface area contributed by atoms with E-state index in [0.717, 1.165) is 45.2 Å². The van der Waals surface area contributed by atoms with Crippen LogP contribution in [-0.4, -0.2) is 57.3 Å². The maximum Gasteiger partial charge on any atom is 0.191 e. The highest BCUT2D eigenvalue weighted by atomic mass is 16.5. The summed E-state index contributed by atoms with van der Waals surface area (Å²) < 4.78 is 5.31. The Morgan fingerprint density at radius 2 is 2.00 bits per heavy atom. The summed E-state index contributed by atoms with van der Waals surface area (Å²) >= 11 is 0. The first-order valence-electron chi connectivity index (χ1n) is 8.65. The van der Waals surface area contributed by atoms with Crippen LogP contribution in [0, 0.1) is 0 Å². The smallest absolute Gasteiger partial charge is 0.191 e. The topological polar surface area (TPSA) is 48.9 Å². The summed E-state index contributed by atoms with van der Waals surface area (Å²) in [4.78, 5) is 6.76. The third-order valence-corrected chi connectivity index (χ3v) is 4.12. The Kier molecular flexibility index (Phi) is 7.90. The Morgan fingerprint density at radius 3 is 2.78 bits per heavy atom. The summed E-state index contributed by atoms with van der Waals surface area (Å²) in [6.45, 7) is 8.57. The number of nitrogens with one attached hydrogen (secondary N) is 2. The van der Waals surface area contributed by atoms with E-state index in [1.54, 1.807) is 7.05 Å². The zero-order chi connectivity index (χ0) is 16.3. The van der Waals surface area contributed by atoms with Gasteiger partial charge in [-0.3, -0.25) is 9.89 Å². The van der Waals surface area contributed by atoms with Crippen LogP contribution in [-0.2, 0) is 17.7 Å². The third kappa shape index (κ3) is 6.20. The van der Waals surface area contributed by atoms with Crippen LogP contribution in [0.2, 0.25) is 0 Å². The van der Waals surface area contributed by atoms with Crippen LogP contribution < -0.4 is 10.6 Å². The van der Waals surface area contributed by atoms with Crippen molar-refractivity contribution in [3.05, 3.63) is 35.4 Å². The van der Waals surface area contributed by atoms with Gasteiger partial charge in [0, 0.05) is 46.4 Å². The van der Waals surface area contributed by atoms with E-state index in [0.29, 0.717) is 6.61 Å². The lowest BCUT2D eigenvalue weighted by Gasteiger charge is -2.28. The van der Waals surface area contributed by atoms with Crippen molar-refractivity contribution in [2.24, 2.45) is 4.99 Å². The molecular formula is C18H30N4O. The highest BCUT2D eigenvalue weighted by molar-refractivity contribution is 5.79. The first-order valence-corrected chi connectivity index (χ1v) is 8.65. The van der Waals surface area contributed by atoms with Crippen molar-refractivity contribution in [3.63, 3.8) is 0 Å². The minimum Gasteiger partial charge on any atom is -0.380 e. The van der Waals surface area contributed by atoms with E-state index in [9.17, 15) is 0 Å². The summed E-state index contributed by atoms with van der Waals surface area (Å²) in [6.07, 6.45) is 2.29. The first-order chi connectivity index (χ1) is 11.3. The normalized spacial score (nSPS) is 15.3. The van der Waals surface area contributed by atoms with Crippen molar-refractivity contribution in [3.8, 4) is 0 Å². The van der Waals surface area contributed by atoms with Crippen molar-refractivity contribution in [1.29, 1.82) is 0 Å². The van der Waals surface area contributed by atoms with Gasteiger partial charge in [0.25, 0.3) is 0 Å². The fraction of sp³-hybridized carbons (Fsp3) is 0.611. The number of aliphatic imine (C=N–C) groups is 1. The summed E-state index contributed by atoms with van der Waals surface area (Å²) in [5, 5.41) is 6.62. The van der Waals surface area contributed by atoms with Crippen LogP contribution in [0.15, 0.2) is 29.3 Å². The van der Waals surface area contributed by atoms with Gasteiger partial charge in [-0.15, -0.1) is 0 Å². The van der Waals surface area contributed by atoms with Gasteiger partial charge in [0.1, 0.15) is 0 Å². The number of hydrogen-bond donors (Lipinski definition) is 2. The van der Waals surface area contributed by atoms with Crippen molar-refractivity contribution < 1.29 is 4.74 Å². The van der Waals surface area contributed by atoms with E-state index in [4.69, 9.17) is 4.74 Å². The number of benzene rings is 1. The molecule has 0 bridgehead atoms. The van der Waals surface area contributed by atoms with Crippen LogP contribution in [0.3, 0.4) is 0 Å². The van der Waals surface area contributed by atoms with Gasteiger partial charge in [-0.1, -0.05) is 24.3 Å². The molecule has 0 spiro atoms. The zero-order valence-electron chi connectivity index (χ0n) is 14.5. The monoisotopic (exact) mass is 318 g/mol. The molecule has 128 valence electrons. The minimum atomic E-state index is 0.713. The molecule has 0 aromatic heterocycles. The molecule has 1 aliphatic rings. The molecule has 0 fully saturated rings. The molecule has 0 saturated heterocycles. The van der Waals surface area contributed by atoms with E-state index >= 15 is 0 Å². The number of guanidine groups is 1. The van der Waals surface area contributed by atoms with Crippen LogP contribution in [0.4, 0.5) is 0 Å². The van der Waals surface area contributed by atoms with E-state index in [1.165, 1.54) is 24.1 Å². The van der Waals surface area contributed by atoms with Gasteiger partial charge in [0.05, 0.1) is 6.61 Å². The first kappa shape index (κ1) is 17.8. The zero-order valence-corrected chi connectivity index (χ0v) is 14.5. The van der Waals surface area contributed by atoms with Gasteiger partial charge in [-0.05, 0) is 30.9 Å². The number of hydrogen-bond acceptors (Lipinski definition) is 3. The number of fused-ring (bicyclic) bond motifs is 1. The van der Waals surface area contributed by atoms with E-state index in [-0.39, 0.29) is 0 Å². The molecule has 1 heterocycles. The van der Waals surface area contributed by atoms with Crippen molar-refractivity contribution >= 4 is 5.96 Å². The van der Waals surface area contributed by atoms with Crippen molar-refractivity contribution in [1.82, 2.24) is 15.5 Å². The molecule has 0 atom stereocenters. The van der Waals surface area contributed by atoms with E-state index in [2.05, 4.69) is 44.8 Å². The Labute approximate surface area is 140 Å². The average molecular weight is 318 g/mol. The number of rotatable bonds is 8. The lowest BCUT2D eigenvalue weighted by molar-refractivity contribution is 0.152. The standard InChI is InChI=1S/C18H30N4O/c1-3-23-14-11-21-18(19-2)20-10-6-12-22-13-9-16-7-4-5-8-17(16)15-22/h4-5,7-8H,3,6,9-15H2,1-2H3,(H2,19,20,21). The van der Waals surface area contributed by atoms with Gasteiger partial charge < -0.3 is 15.4 Å². The molecular weight excluding hydrogens is 288 g/mol. The van der Waals surface area contributed by atoms with Crippen molar-refractivity contribution in [2.45, 2.75) is 26.3 Å². The Morgan fingerprint density at radius 1 is 1.22 bits per heavy atom. The summed E-state index contributed by atoms with van der Waals surface area (Å²) in [6, 6.07) is 8.79. The largest absolute Gasteiger partial charge is 0.380 e. The lowest BCUT2D eigenvalue weighted by atomic mass is 10.00. The summed E-state index contributed by atoms with van der Waals surface area (Å²) in [5.41, 5.74) is 3.00. The van der Waals surface area contributed by atoms with E-state index in [1.807, 2.05) is 6.92 Å². The molecule has 2 N–H and O–H groups in total. The maximum atomic E-state index is 5.31. The minimum absolute atomic E-state index is 0.713. The molecule has 23 heavy (non-hydrogen) atoms. The molecule has 5 heteroatoms. The molecule has 0 amide bonds. The third-order valence-electron chi connectivity index (χ3n) is 4.12. The average Bonchev–Trinajstić information content (AvgIpc) is 2.60. The Hall–Kier alpha value is -1.59. The van der Waals surface area contributed by atoms with Crippen molar-refractivity contribution in [2.75, 3.05) is 46.4 Å². The SMILES string of the molecule is CCOCCNC(=NC)NCCCN1CCc2ccccc2C1. The molecule has 1 aliphatic heterocycles. The molecule has 0 aliphatic carbocycles. The molecule has 5 nitrogen and oxygen atoms in total. The molecule has 0 radical (unpaired) electrons. The van der Waals surface area contributed by atoms with Gasteiger partial charge in [-0.2, -0.15) is 0 Å². The number of ether oxygens (including phenoxy) is 1. The Balaban J connectivity index is 1.60. The van der Waals surface area contributed by atoms with Gasteiger partial charge in [0.2, 0.25) is 0 Å². The highest BCUT2D eigenvalue weighted by Crippen LogP contribution is 2.18. The maximum absolute atomic E-state index is 5.31. The van der Waals surface area contributed by atoms with E-state index < -0.39 is 0 Å². The fourth-order valence-corrected chi connectivity index (χ4v) is 2.86. The van der Waals surface area contributed by atoms with Crippen LogP contribution >= 0.6 is 0 Å². The van der Waals surface area contributed by atoms with Crippen LogP contribution in [0.1, 0.15) is 24.5 Å². The van der Waals surface area contributed by atoms with Crippen LogP contribution in [0.5, 0.6) is 0 Å². The predicted octanol–water partition coefficient (Wildman–Crippen LogP) is 1.64. The molecule has 1 aromatic rings. The molecule has 1 aromatic carbocycles. The quantitative estimate of drug-likeness (QED) is 0.435. The molecule has 0 unspecified atom stereocenters. The lowest BCUT2D eigenvalue weighted by Crippen LogP contribution is -2.40.